The van der Waals surface area contributed by atoms with Crippen LogP contribution in [0.1, 0.15) is 119 Å². The zero-order valence-electron chi connectivity index (χ0n) is 59.7. The van der Waals surface area contributed by atoms with Crippen LogP contribution in [0.3, 0.4) is 0 Å². The molecule has 17 heterocycles. The lowest BCUT2D eigenvalue weighted by atomic mass is 10.1. The van der Waals surface area contributed by atoms with Crippen molar-refractivity contribution >= 4 is 115 Å². The van der Waals surface area contributed by atoms with E-state index in [1.165, 1.54) is 75.4 Å². The molecule has 1 aliphatic carbocycles. The highest BCUT2D eigenvalue weighted by Crippen LogP contribution is 2.27. The third-order valence-corrected chi connectivity index (χ3v) is 18.1. The van der Waals surface area contributed by atoms with Gasteiger partial charge in [0.25, 0.3) is 0 Å². The summed E-state index contributed by atoms with van der Waals surface area (Å²) in [5, 5.41) is 13.1. The Morgan fingerprint density at radius 1 is 0.394 bits per heavy atom. The first-order chi connectivity index (χ1) is 47.3. The molecule has 0 atom stereocenters. The van der Waals surface area contributed by atoms with E-state index in [1.807, 2.05) is 167 Å². The molecule has 0 fully saturated rings. The van der Waals surface area contributed by atoms with Crippen molar-refractivity contribution in [2.75, 3.05) is 0 Å². The van der Waals surface area contributed by atoms with Crippen molar-refractivity contribution in [3.8, 4) is 0 Å². The van der Waals surface area contributed by atoms with Gasteiger partial charge in [0.15, 0.2) is 5.65 Å². The van der Waals surface area contributed by atoms with E-state index < -0.39 is 0 Å². The number of aliphatic imine (C=N–C) groups is 1. The monoisotopic (exact) mass is 1370 g/mol. The van der Waals surface area contributed by atoms with E-state index in [1.54, 1.807) is 34.0 Å². The van der Waals surface area contributed by atoms with Crippen LogP contribution in [0.2, 0.25) is 0 Å². The number of nitrogens with one attached hydrogen (secondary N) is 2. The summed E-state index contributed by atoms with van der Waals surface area (Å²) >= 11 is 5.10. The molecule has 16 aromatic heterocycles. The van der Waals surface area contributed by atoms with Crippen LogP contribution in [0.25, 0.3) is 69.8 Å². The van der Waals surface area contributed by atoms with Crippen LogP contribution in [-0.4, -0.2) is 89.7 Å². The third-order valence-electron chi connectivity index (χ3n) is 15.3. The van der Waals surface area contributed by atoms with Gasteiger partial charge in [0.05, 0.1) is 110 Å². The lowest BCUT2D eigenvalue weighted by Gasteiger charge is -1.97. The van der Waals surface area contributed by atoms with Crippen molar-refractivity contribution in [3.63, 3.8) is 0 Å². The van der Waals surface area contributed by atoms with E-state index >= 15 is 0 Å². The molecule has 2 N–H and O–H groups in total. The van der Waals surface area contributed by atoms with Crippen molar-refractivity contribution in [2.24, 2.45) is 4.99 Å². The molecule has 0 unspecified atom stereocenters. The van der Waals surface area contributed by atoms with Gasteiger partial charge >= 0.3 is 0 Å². The van der Waals surface area contributed by atoms with E-state index in [9.17, 15) is 0 Å². The number of hydrogen-bond acceptors (Lipinski definition) is 17. The van der Waals surface area contributed by atoms with Gasteiger partial charge in [-0.15, -0.1) is 34.0 Å². The Balaban J connectivity index is 0.000000120. The molecule has 18 rings (SSSR count). The van der Waals surface area contributed by atoms with Gasteiger partial charge in [0, 0.05) is 88.4 Å². The minimum Gasteiger partial charge on any atom is -0.357 e. The van der Waals surface area contributed by atoms with Crippen LogP contribution >= 0.6 is 34.0 Å². The average Bonchev–Trinajstić information content (AvgIpc) is 2.09. The summed E-state index contributed by atoms with van der Waals surface area (Å²) < 4.78 is 7.39. The molecule has 0 spiro atoms. The number of allylic oxidation sites excluding steroid dienone is 1. The Labute approximate surface area is 589 Å². The zero-order valence-corrected chi connectivity index (χ0v) is 62.1. The number of thiazole rings is 3. The molecule has 0 saturated heterocycles. The number of aryl methyl sites for hydroxylation is 16. The van der Waals surface area contributed by atoms with Crippen LogP contribution < -0.4 is 0 Å². The van der Waals surface area contributed by atoms with Gasteiger partial charge in [0.1, 0.15) is 5.82 Å². The maximum atomic E-state index is 4.35. The molecule has 0 aromatic carbocycles. The summed E-state index contributed by atoms with van der Waals surface area (Å²) in [6.45, 7) is 36.4. The minimum absolute atomic E-state index is 0.873. The largest absolute Gasteiger partial charge is 0.357 e. The van der Waals surface area contributed by atoms with Crippen molar-refractivity contribution in [1.29, 1.82) is 0 Å². The van der Waals surface area contributed by atoms with E-state index in [-0.39, 0.29) is 0 Å². The van der Waals surface area contributed by atoms with Crippen LogP contribution in [0, 0.1) is 111 Å². The number of aromatic amines is 2. The molecule has 0 radical (unpaired) electrons. The van der Waals surface area contributed by atoms with E-state index in [2.05, 4.69) is 193 Å². The van der Waals surface area contributed by atoms with Crippen molar-refractivity contribution < 1.29 is 0 Å². The fraction of sp³-hybridized carbons (Fsp3) is 0.256. The predicted molar refractivity (Wildman–Crippen MR) is 411 cm³/mol. The Morgan fingerprint density at radius 3 is 1.77 bits per heavy atom. The first kappa shape index (κ1) is 71.3. The molecule has 1 aliphatic heterocycles. The highest BCUT2D eigenvalue weighted by Gasteiger charge is 2.12. The molecule has 0 bridgehead atoms. The highest BCUT2D eigenvalue weighted by atomic mass is 32.1. The number of H-pyrrole nitrogens is 2. The molecule has 18 nitrogen and oxygen atoms in total. The maximum absolute atomic E-state index is 4.35. The lowest BCUT2D eigenvalue weighted by molar-refractivity contribution is 0.926. The van der Waals surface area contributed by atoms with Crippen LogP contribution in [0.15, 0.2) is 151 Å². The number of nitrogens with zero attached hydrogens (tertiary/aromatic N) is 16. The summed E-state index contributed by atoms with van der Waals surface area (Å²) in [5.74, 6) is 0.937. The molecule has 0 saturated carbocycles. The number of imidazole rings is 1. The first-order valence-corrected chi connectivity index (χ1v) is 35.0. The summed E-state index contributed by atoms with van der Waals surface area (Å²) in [7, 11) is 0. The Bertz CT molecular complexity index is 4710. The molecular formula is C78H84N18S3. The first-order valence-electron chi connectivity index (χ1n) is 32.6. The van der Waals surface area contributed by atoms with Gasteiger partial charge < -0.3 is 9.97 Å². The third kappa shape index (κ3) is 20.1. The molecular weight excluding hydrogens is 1290 g/mol. The van der Waals surface area contributed by atoms with E-state index in [0.717, 1.165) is 124 Å². The Kier molecular flexibility index (Phi) is 23.2. The van der Waals surface area contributed by atoms with Gasteiger partial charge in [-0.25, -0.2) is 34.0 Å². The number of pyridine rings is 9. The molecule has 504 valence electrons. The van der Waals surface area contributed by atoms with Crippen LogP contribution in [0.5, 0.6) is 0 Å². The van der Waals surface area contributed by atoms with Crippen LogP contribution in [0.4, 0.5) is 5.69 Å². The second kappa shape index (κ2) is 32.3. The van der Waals surface area contributed by atoms with Gasteiger partial charge in [-0.1, -0.05) is 17.7 Å². The Hall–Kier alpha value is -10.5. The fourth-order valence-corrected chi connectivity index (χ4v) is 13.5. The normalized spacial score (nSPS) is 11.6. The van der Waals surface area contributed by atoms with Gasteiger partial charge in [0.2, 0.25) is 0 Å². The summed E-state index contributed by atoms with van der Waals surface area (Å²) in [6.07, 6.45) is 21.4. The zero-order chi connectivity index (χ0) is 70.6. The lowest BCUT2D eigenvalue weighted by Crippen LogP contribution is -1.89. The molecule has 2 aliphatic rings. The topological polar surface area (TPSA) is 220 Å². The Morgan fingerprint density at radius 2 is 1.00 bits per heavy atom. The number of fused-ring (bicyclic) bond motifs is 9. The number of hydrogen-bond donors (Lipinski definition) is 2. The van der Waals surface area contributed by atoms with Gasteiger partial charge in [-0.3, -0.25) is 34.9 Å². The SMILES string of the molecule is CC1=Cc2cnc(C)cc2C1.CC1=Nc2cnc(C)cc2C1.Cc1cc2cc(C)[nH]c2cn1.Cc1cc2nc(C)[nH]c2cn1.Cc1cc2nc(C)sc2cn1.Cc1cc2sc(C)nc2cn1.Cc1ccc2cc(C)nn2c1.Cc1ccn2nc(C)cc2c1.Cc1cnc2nc(C)sc2c1. The van der Waals surface area contributed by atoms with Crippen LogP contribution in [-0.2, 0) is 12.8 Å². The van der Waals surface area contributed by atoms with Crippen molar-refractivity contribution in [1.82, 2.24) is 84.0 Å². The summed E-state index contributed by atoms with van der Waals surface area (Å²) in [5.41, 5.74) is 29.5. The average molecular weight is 1370 g/mol. The van der Waals surface area contributed by atoms with Gasteiger partial charge in [-0.05, 0) is 243 Å². The highest BCUT2D eigenvalue weighted by molar-refractivity contribution is 7.19. The van der Waals surface area contributed by atoms with Crippen molar-refractivity contribution in [2.45, 2.75) is 137 Å². The summed E-state index contributed by atoms with van der Waals surface area (Å²) in [6, 6.07) is 29.2. The predicted octanol–water partition coefficient (Wildman–Crippen LogP) is 19.0. The number of rotatable bonds is 0. The van der Waals surface area contributed by atoms with E-state index in [4.69, 9.17) is 0 Å². The van der Waals surface area contributed by atoms with Gasteiger partial charge in [-0.2, -0.15) is 10.2 Å². The number of aromatic nitrogens is 17. The fourth-order valence-electron chi connectivity index (χ4n) is 10.9. The van der Waals surface area contributed by atoms with Crippen molar-refractivity contribution in [3.05, 3.63) is 252 Å². The maximum Gasteiger partial charge on any atom is 0.170 e. The molecule has 0 amide bonds. The standard InChI is InChI=1S/C10H11N.4C9H10N2.C8H9N3.3C8H8N2S/c1-7-3-9-5-8(2)11-6-10(9)4-7;2*1-6-3-8-4-7(2)11-9(8)5-10-6;1-7-3-4-9-5-8(2)10-11(9)6-7;1-7-3-4-11-9(5-7)6-8(2)10-11;1-5-3-7-8(4-9-5)11-6(2)10-7;1-5-3-8-7(4-9-5)10-6(2)11-8;1-5-3-7-8(4-9-5)11-6(2)10-7;1-5-3-7-8(9-4-5)10-6(2)11-7/h4-6H,3H2,1-2H3;3,5H,4H2,1-2H3;3-5,11H,1-2H3;2*3-6H,1-2H3;3-4H,1-2H3,(H,10,11);3*3-4H,1-2H3. The summed E-state index contributed by atoms with van der Waals surface area (Å²) in [4.78, 5) is 57.2. The smallest absolute Gasteiger partial charge is 0.170 e. The second-order valence-electron chi connectivity index (χ2n) is 25.0. The molecule has 99 heavy (non-hydrogen) atoms. The van der Waals surface area contributed by atoms with E-state index in [0.29, 0.717) is 0 Å². The second-order valence-corrected chi connectivity index (χ2v) is 28.7. The molecule has 21 heteroatoms. The quantitative estimate of drug-likeness (QED) is 0.144. The molecule has 16 aromatic rings. The minimum atomic E-state index is 0.873.